The summed E-state index contributed by atoms with van der Waals surface area (Å²) in [5.74, 6) is -1.12. The molecule has 0 aromatic heterocycles. The summed E-state index contributed by atoms with van der Waals surface area (Å²) in [6.07, 6.45) is -1.94. The largest absolute Gasteiger partial charge is 0.419 e. The topological polar surface area (TPSA) is 26.0 Å². The molecule has 0 amide bonds. The number of halogens is 4. The summed E-state index contributed by atoms with van der Waals surface area (Å²) in [5, 5.41) is 0. The highest BCUT2D eigenvalue weighted by atomic mass is 19.4. The summed E-state index contributed by atoms with van der Waals surface area (Å²) in [6, 6.07) is 2.66. The Hall–Kier alpha value is -1.10. The Kier molecular flexibility index (Phi) is 3.12. The van der Waals surface area contributed by atoms with Gasteiger partial charge in [-0.3, -0.25) is 0 Å². The summed E-state index contributed by atoms with van der Waals surface area (Å²) in [4.78, 5) is 0. The van der Waals surface area contributed by atoms with Crippen molar-refractivity contribution < 1.29 is 17.6 Å². The van der Waals surface area contributed by atoms with Gasteiger partial charge in [0.1, 0.15) is 5.82 Å². The van der Waals surface area contributed by atoms with Crippen LogP contribution in [-0.4, -0.2) is 0 Å². The van der Waals surface area contributed by atoms with Crippen molar-refractivity contribution in [3.05, 3.63) is 35.1 Å². The third-order valence-corrected chi connectivity index (χ3v) is 3.35. The molecule has 1 aliphatic rings. The first-order valence-electron chi connectivity index (χ1n) is 5.52. The zero-order chi connectivity index (χ0) is 12.6. The first kappa shape index (κ1) is 12.4. The van der Waals surface area contributed by atoms with E-state index in [-0.39, 0.29) is 11.5 Å². The van der Waals surface area contributed by atoms with Gasteiger partial charge >= 0.3 is 6.18 Å². The van der Waals surface area contributed by atoms with E-state index in [0.717, 1.165) is 25.3 Å². The normalized spacial score (nSPS) is 18.9. The molecule has 1 fully saturated rings. The average molecular weight is 247 g/mol. The van der Waals surface area contributed by atoms with Crippen LogP contribution in [0.15, 0.2) is 18.2 Å². The zero-order valence-corrected chi connectivity index (χ0v) is 9.10. The minimum absolute atomic E-state index is 0.0236. The van der Waals surface area contributed by atoms with Crippen molar-refractivity contribution in [2.45, 2.75) is 31.5 Å². The SMILES string of the molecule is N[C@@H](c1cccc(C(F)(F)F)c1F)C1CCC1. The minimum atomic E-state index is -4.67. The summed E-state index contributed by atoms with van der Waals surface area (Å²) in [7, 11) is 0. The fourth-order valence-corrected chi connectivity index (χ4v) is 2.08. The Balaban J connectivity index is 2.35. The molecule has 0 radical (unpaired) electrons. The van der Waals surface area contributed by atoms with Crippen LogP contribution in [0.2, 0.25) is 0 Å². The smallest absolute Gasteiger partial charge is 0.324 e. The zero-order valence-electron chi connectivity index (χ0n) is 9.10. The third kappa shape index (κ3) is 2.29. The maximum absolute atomic E-state index is 13.7. The molecular weight excluding hydrogens is 234 g/mol. The molecule has 0 aliphatic heterocycles. The Morgan fingerprint density at radius 3 is 2.35 bits per heavy atom. The van der Waals surface area contributed by atoms with Gasteiger partial charge in [-0.2, -0.15) is 13.2 Å². The van der Waals surface area contributed by atoms with E-state index in [1.54, 1.807) is 0 Å². The highest BCUT2D eigenvalue weighted by Gasteiger charge is 2.36. The van der Waals surface area contributed by atoms with Crippen LogP contribution in [0.5, 0.6) is 0 Å². The van der Waals surface area contributed by atoms with Crippen LogP contribution < -0.4 is 5.73 Å². The molecular formula is C12H13F4N. The Morgan fingerprint density at radius 1 is 1.24 bits per heavy atom. The number of hydrogen-bond donors (Lipinski definition) is 1. The number of hydrogen-bond acceptors (Lipinski definition) is 1. The minimum Gasteiger partial charge on any atom is -0.324 e. The van der Waals surface area contributed by atoms with Crippen LogP contribution in [0.1, 0.15) is 36.4 Å². The van der Waals surface area contributed by atoms with Gasteiger partial charge in [0.15, 0.2) is 0 Å². The van der Waals surface area contributed by atoms with Crippen LogP contribution in [0.3, 0.4) is 0 Å². The number of benzene rings is 1. The number of rotatable bonds is 2. The molecule has 2 N–H and O–H groups in total. The quantitative estimate of drug-likeness (QED) is 0.793. The van der Waals surface area contributed by atoms with Crippen molar-refractivity contribution in [3.63, 3.8) is 0 Å². The molecule has 1 saturated carbocycles. The second kappa shape index (κ2) is 4.29. The molecule has 0 spiro atoms. The van der Waals surface area contributed by atoms with E-state index in [9.17, 15) is 17.6 Å². The monoisotopic (exact) mass is 247 g/mol. The number of alkyl halides is 3. The molecule has 0 saturated heterocycles. The Bertz CT molecular complexity index is 409. The lowest BCUT2D eigenvalue weighted by atomic mass is 9.77. The lowest BCUT2D eigenvalue weighted by Gasteiger charge is -2.32. The van der Waals surface area contributed by atoms with Gasteiger partial charge in [-0.1, -0.05) is 18.6 Å². The van der Waals surface area contributed by atoms with Gasteiger partial charge in [0.2, 0.25) is 0 Å². The molecule has 0 heterocycles. The molecule has 1 nitrogen and oxygen atoms in total. The van der Waals surface area contributed by atoms with E-state index in [4.69, 9.17) is 5.73 Å². The molecule has 1 atom stereocenters. The summed E-state index contributed by atoms with van der Waals surface area (Å²) in [5.41, 5.74) is 4.55. The average Bonchev–Trinajstić information content (AvgIpc) is 2.13. The van der Waals surface area contributed by atoms with Crippen molar-refractivity contribution in [1.82, 2.24) is 0 Å². The summed E-state index contributed by atoms with van der Waals surface area (Å²) in [6.45, 7) is 0. The molecule has 5 heteroatoms. The maximum Gasteiger partial charge on any atom is 0.419 e. The lowest BCUT2D eigenvalue weighted by Crippen LogP contribution is -2.28. The Morgan fingerprint density at radius 2 is 1.88 bits per heavy atom. The van der Waals surface area contributed by atoms with Crippen molar-refractivity contribution in [1.29, 1.82) is 0 Å². The fraction of sp³-hybridized carbons (Fsp3) is 0.500. The van der Waals surface area contributed by atoms with Gasteiger partial charge in [0.25, 0.3) is 0 Å². The lowest BCUT2D eigenvalue weighted by molar-refractivity contribution is -0.140. The van der Waals surface area contributed by atoms with E-state index in [2.05, 4.69) is 0 Å². The first-order chi connectivity index (χ1) is 7.91. The molecule has 1 aromatic carbocycles. The second-order valence-corrected chi connectivity index (χ2v) is 4.42. The fourth-order valence-electron chi connectivity index (χ4n) is 2.08. The van der Waals surface area contributed by atoms with Crippen LogP contribution in [0, 0.1) is 11.7 Å². The van der Waals surface area contributed by atoms with E-state index in [1.165, 1.54) is 12.1 Å². The van der Waals surface area contributed by atoms with Crippen LogP contribution in [-0.2, 0) is 6.18 Å². The summed E-state index contributed by atoms with van der Waals surface area (Å²) < 4.78 is 51.3. The Labute approximate surface area is 96.6 Å². The molecule has 0 bridgehead atoms. The summed E-state index contributed by atoms with van der Waals surface area (Å²) >= 11 is 0. The van der Waals surface area contributed by atoms with E-state index < -0.39 is 23.6 Å². The van der Waals surface area contributed by atoms with Gasteiger partial charge in [-0.05, 0) is 24.8 Å². The van der Waals surface area contributed by atoms with E-state index in [0.29, 0.717) is 0 Å². The molecule has 17 heavy (non-hydrogen) atoms. The molecule has 94 valence electrons. The van der Waals surface area contributed by atoms with Gasteiger partial charge < -0.3 is 5.73 Å². The molecule has 1 aromatic rings. The second-order valence-electron chi connectivity index (χ2n) is 4.42. The van der Waals surface area contributed by atoms with E-state index in [1.807, 2.05) is 0 Å². The van der Waals surface area contributed by atoms with Crippen LogP contribution in [0.4, 0.5) is 17.6 Å². The molecule has 1 aliphatic carbocycles. The van der Waals surface area contributed by atoms with Crippen LogP contribution >= 0.6 is 0 Å². The van der Waals surface area contributed by atoms with E-state index >= 15 is 0 Å². The van der Waals surface area contributed by atoms with Crippen molar-refractivity contribution >= 4 is 0 Å². The molecule has 2 rings (SSSR count). The standard InChI is InChI=1S/C12H13F4N/c13-10-8(11(17)7-3-1-4-7)5-2-6-9(10)12(14,15)16/h2,5-7,11H,1,3-4,17H2/t11-/m1/s1. The van der Waals surface area contributed by atoms with Gasteiger partial charge in [-0.15, -0.1) is 0 Å². The molecule has 0 unspecified atom stereocenters. The van der Waals surface area contributed by atoms with Crippen molar-refractivity contribution in [3.8, 4) is 0 Å². The van der Waals surface area contributed by atoms with Gasteiger partial charge in [0.05, 0.1) is 5.56 Å². The highest BCUT2D eigenvalue weighted by Crippen LogP contribution is 2.39. The third-order valence-electron chi connectivity index (χ3n) is 3.35. The number of nitrogens with two attached hydrogens (primary N) is 1. The highest BCUT2D eigenvalue weighted by molar-refractivity contribution is 5.30. The van der Waals surface area contributed by atoms with Crippen molar-refractivity contribution in [2.24, 2.45) is 11.7 Å². The predicted octanol–water partition coefficient (Wildman–Crippen LogP) is 3.64. The van der Waals surface area contributed by atoms with Crippen molar-refractivity contribution in [2.75, 3.05) is 0 Å². The maximum atomic E-state index is 13.7. The van der Waals surface area contributed by atoms with Gasteiger partial charge in [-0.25, -0.2) is 4.39 Å². The first-order valence-corrected chi connectivity index (χ1v) is 5.52. The van der Waals surface area contributed by atoms with Gasteiger partial charge in [0, 0.05) is 11.6 Å². The predicted molar refractivity (Wildman–Crippen MR) is 55.7 cm³/mol. The van der Waals surface area contributed by atoms with Crippen LogP contribution in [0.25, 0.3) is 0 Å².